The van der Waals surface area contributed by atoms with Crippen molar-refractivity contribution in [3.8, 4) is 0 Å². The van der Waals surface area contributed by atoms with Gasteiger partial charge in [-0.05, 0) is 40.0 Å². The summed E-state index contributed by atoms with van der Waals surface area (Å²) in [7, 11) is -3.50. The molecule has 0 aliphatic heterocycles. The second-order valence-electron chi connectivity index (χ2n) is 3.69. The maximum atomic E-state index is 12.0. The van der Waals surface area contributed by atoms with Gasteiger partial charge in [0.25, 0.3) is 0 Å². The Morgan fingerprint density at radius 2 is 2.06 bits per heavy atom. The predicted molar refractivity (Wildman–Crippen MR) is 76.9 cm³/mol. The number of halogens is 3. The van der Waals surface area contributed by atoms with Crippen LogP contribution in [0.4, 0.5) is 0 Å². The molecular formula is C10H12Br2ClNO2S. The molecule has 0 aromatic heterocycles. The summed E-state index contributed by atoms with van der Waals surface area (Å²) in [6, 6.07) is 5.01. The Kier molecular flexibility index (Phi) is 5.92. The lowest BCUT2D eigenvalue weighted by Crippen LogP contribution is -2.29. The summed E-state index contributed by atoms with van der Waals surface area (Å²) in [6.07, 6.45) is 0. The summed E-state index contributed by atoms with van der Waals surface area (Å²) >= 11 is 12.1. The monoisotopic (exact) mass is 403 g/mol. The summed E-state index contributed by atoms with van der Waals surface area (Å²) < 4.78 is 27.8. The third-order valence-electron chi connectivity index (χ3n) is 2.07. The average Bonchev–Trinajstić information content (AvgIpc) is 2.29. The van der Waals surface area contributed by atoms with Crippen molar-refractivity contribution in [3.63, 3.8) is 0 Å². The quantitative estimate of drug-likeness (QED) is 0.764. The van der Waals surface area contributed by atoms with E-state index >= 15 is 0 Å². The van der Waals surface area contributed by atoms with E-state index in [-0.39, 0.29) is 10.8 Å². The lowest BCUT2D eigenvalue weighted by molar-refractivity contribution is 0.561. The molecule has 0 saturated heterocycles. The first kappa shape index (κ1) is 15.4. The highest BCUT2D eigenvalue weighted by atomic mass is 79.9. The first-order valence-corrected chi connectivity index (χ1v) is 8.48. The lowest BCUT2D eigenvalue weighted by atomic mass is 10.2. The van der Waals surface area contributed by atoms with Crippen molar-refractivity contribution in [1.82, 2.24) is 4.72 Å². The van der Waals surface area contributed by atoms with Crippen LogP contribution in [0.1, 0.15) is 6.92 Å². The van der Waals surface area contributed by atoms with Gasteiger partial charge in [0, 0.05) is 21.4 Å². The smallest absolute Gasteiger partial charge is 0.211 e. The molecule has 1 atom stereocenters. The highest BCUT2D eigenvalue weighted by molar-refractivity contribution is 9.11. The van der Waals surface area contributed by atoms with Crippen molar-refractivity contribution in [3.05, 3.63) is 27.1 Å². The Labute approximate surface area is 123 Å². The Morgan fingerprint density at radius 1 is 1.41 bits per heavy atom. The molecule has 0 aliphatic carbocycles. The normalized spacial score (nSPS) is 13.6. The molecule has 0 bridgehead atoms. The van der Waals surface area contributed by atoms with Crippen molar-refractivity contribution in [1.29, 1.82) is 0 Å². The zero-order valence-corrected chi connectivity index (χ0v) is 13.8. The first-order valence-electron chi connectivity index (χ1n) is 4.87. The summed E-state index contributed by atoms with van der Waals surface area (Å²) in [5.74, 6) is 0.514. The van der Waals surface area contributed by atoms with E-state index in [2.05, 4.69) is 36.6 Å². The maximum Gasteiger partial charge on any atom is 0.241 e. The van der Waals surface area contributed by atoms with Crippen LogP contribution >= 0.6 is 43.5 Å². The van der Waals surface area contributed by atoms with Gasteiger partial charge in [-0.25, -0.2) is 13.1 Å². The summed E-state index contributed by atoms with van der Waals surface area (Å²) in [5.41, 5.74) is 0. The molecule has 0 saturated carbocycles. The molecule has 17 heavy (non-hydrogen) atoms. The molecular weight excluding hydrogens is 393 g/mol. The van der Waals surface area contributed by atoms with Gasteiger partial charge in [-0.2, -0.15) is 0 Å². The molecule has 1 N–H and O–H groups in total. The molecule has 0 heterocycles. The molecule has 1 aromatic carbocycles. The van der Waals surface area contributed by atoms with Crippen LogP contribution in [0.15, 0.2) is 32.0 Å². The fourth-order valence-corrected chi connectivity index (χ4v) is 3.84. The van der Waals surface area contributed by atoms with Gasteiger partial charge in [-0.3, -0.25) is 0 Å². The average molecular weight is 406 g/mol. The first-order chi connectivity index (χ1) is 7.86. The van der Waals surface area contributed by atoms with Crippen molar-refractivity contribution in [2.24, 2.45) is 5.92 Å². The van der Waals surface area contributed by atoms with E-state index in [0.717, 1.165) is 0 Å². The minimum atomic E-state index is -3.50. The van der Waals surface area contributed by atoms with Gasteiger partial charge in [0.05, 0.1) is 4.90 Å². The molecule has 0 radical (unpaired) electrons. The molecule has 0 fully saturated rings. The van der Waals surface area contributed by atoms with Gasteiger partial charge < -0.3 is 0 Å². The number of hydrogen-bond donors (Lipinski definition) is 1. The molecule has 0 aliphatic rings. The molecule has 96 valence electrons. The van der Waals surface area contributed by atoms with E-state index in [0.29, 0.717) is 21.4 Å². The molecule has 3 nitrogen and oxygen atoms in total. The van der Waals surface area contributed by atoms with Crippen LogP contribution in [-0.2, 0) is 10.0 Å². The molecule has 1 aromatic rings. The SMILES string of the molecule is CC(CCl)CNS(=O)(=O)c1cc(Br)ccc1Br. The molecule has 0 spiro atoms. The summed E-state index contributed by atoms with van der Waals surface area (Å²) in [4.78, 5) is 0.216. The number of alkyl halides is 1. The van der Waals surface area contributed by atoms with E-state index in [9.17, 15) is 8.42 Å². The third kappa shape index (κ3) is 4.52. The number of rotatable bonds is 5. The molecule has 1 unspecified atom stereocenters. The zero-order chi connectivity index (χ0) is 13.1. The van der Waals surface area contributed by atoms with Gasteiger partial charge in [0.1, 0.15) is 0 Å². The minimum Gasteiger partial charge on any atom is -0.211 e. The van der Waals surface area contributed by atoms with Crippen LogP contribution in [-0.4, -0.2) is 20.8 Å². The van der Waals surface area contributed by atoms with Gasteiger partial charge in [0.2, 0.25) is 10.0 Å². The number of nitrogens with one attached hydrogen (secondary N) is 1. The van der Waals surface area contributed by atoms with E-state index < -0.39 is 10.0 Å². The Bertz CT molecular complexity index is 493. The van der Waals surface area contributed by atoms with Gasteiger partial charge >= 0.3 is 0 Å². The Morgan fingerprint density at radius 3 is 2.65 bits per heavy atom. The van der Waals surface area contributed by atoms with Gasteiger partial charge in [-0.1, -0.05) is 22.9 Å². The van der Waals surface area contributed by atoms with Crippen LogP contribution in [0.2, 0.25) is 0 Å². The standard InChI is InChI=1S/C10H12Br2ClNO2S/c1-7(5-13)6-14-17(15,16)10-4-8(11)2-3-9(10)12/h2-4,7,14H,5-6H2,1H3. The number of benzene rings is 1. The van der Waals surface area contributed by atoms with Crippen molar-refractivity contribution in [2.75, 3.05) is 12.4 Å². The summed E-state index contributed by atoms with van der Waals surface area (Å²) in [5, 5.41) is 0. The van der Waals surface area contributed by atoms with E-state index in [4.69, 9.17) is 11.6 Å². The molecule has 1 rings (SSSR count). The number of hydrogen-bond acceptors (Lipinski definition) is 2. The Balaban J connectivity index is 2.93. The molecule has 0 amide bonds. The van der Waals surface area contributed by atoms with Gasteiger partial charge in [-0.15, -0.1) is 11.6 Å². The topological polar surface area (TPSA) is 46.2 Å². The van der Waals surface area contributed by atoms with E-state index in [1.54, 1.807) is 18.2 Å². The van der Waals surface area contributed by atoms with Gasteiger partial charge in [0.15, 0.2) is 0 Å². The van der Waals surface area contributed by atoms with Crippen molar-refractivity contribution >= 4 is 53.5 Å². The van der Waals surface area contributed by atoms with E-state index in [1.165, 1.54) is 0 Å². The maximum absolute atomic E-state index is 12.0. The van der Waals surface area contributed by atoms with Crippen molar-refractivity contribution < 1.29 is 8.42 Å². The van der Waals surface area contributed by atoms with Crippen LogP contribution in [0.3, 0.4) is 0 Å². The Hall–Kier alpha value is 0.380. The fourth-order valence-electron chi connectivity index (χ4n) is 1.07. The minimum absolute atomic E-state index is 0.0948. The fraction of sp³-hybridized carbons (Fsp3) is 0.400. The van der Waals surface area contributed by atoms with Crippen LogP contribution in [0.5, 0.6) is 0 Å². The largest absolute Gasteiger partial charge is 0.241 e. The highest BCUT2D eigenvalue weighted by Gasteiger charge is 2.18. The molecule has 7 heteroatoms. The number of sulfonamides is 1. The second kappa shape index (κ2) is 6.52. The van der Waals surface area contributed by atoms with Crippen molar-refractivity contribution in [2.45, 2.75) is 11.8 Å². The second-order valence-corrected chi connectivity index (χ2v) is 7.50. The highest BCUT2D eigenvalue weighted by Crippen LogP contribution is 2.25. The summed E-state index contributed by atoms with van der Waals surface area (Å²) in [6.45, 7) is 2.20. The third-order valence-corrected chi connectivity index (χ3v) is 5.51. The zero-order valence-electron chi connectivity index (χ0n) is 9.08. The lowest BCUT2D eigenvalue weighted by Gasteiger charge is -2.11. The van der Waals surface area contributed by atoms with Crippen LogP contribution in [0.25, 0.3) is 0 Å². The van der Waals surface area contributed by atoms with Crippen LogP contribution in [0, 0.1) is 5.92 Å². The van der Waals surface area contributed by atoms with E-state index in [1.807, 2.05) is 6.92 Å². The van der Waals surface area contributed by atoms with Crippen LogP contribution < -0.4 is 4.72 Å². The predicted octanol–water partition coefficient (Wildman–Crippen LogP) is 3.36.